The fourth-order valence-corrected chi connectivity index (χ4v) is 3.45. The predicted octanol–water partition coefficient (Wildman–Crippen LogP) is 6.23. The molecule has 2 aromatic rings. The average Bonchev–Trinajstić information content (AvgIpc) is 2.68. The molecule has 0 radical (unpaired) electrons. The van der Waals surface area contributed by atoms with E-state index < -0.39 is 47.5 Å². The van der Waals surface area contributed by atoms with Crippen molar-refractivity contribution in [1.82, 2.24) is 0 Å². The monoisotopic (exact) mass is 400 g/mol. The van der Waals surface area contributed by atoms with Gasteiger partial charge < -0.3 is 9.47 Å². The quantitative estimate of drug-likeness (QED) is 0.423. The van der Waals surface area contributed by atoms with Gasteiger partial charge in [-0.25, -0.2) is 17.6 Å². The van der Waals surface area contributed by atoms with E-state index >= 15 is 0 Å². The van der Waals surface area contributed by atoms with E-state index in [9.17, 15) is 22.0 Å². The third-order valence-electron chi connectivity index (χ3n) is 4.93. The van der Waals surface area contributed by atoms with Crippen molar-refractivity contribution < 1.29 is 31.4 Å². The highest BCUT2D eigenvalue weighted by Crippen LogP contribution is 2.36. The second-order valence-corrected chi connectivity index (χ2v) is 7.00. The Kier molecular flexibility index (Phi) is 6.54. The van der Waals surface area contributed by atoms with Crippen molar-refractivity contribution in [1.29, 1.82) is 0 Å². The number of hydrogen-bond donors (Lipinski definition) is 0. The van der Waals surface area contributed by atoms with Gasteiger partial charge in [0.25, 0.3) is 0 Å². The zero-order valence-electron chi connectivity index (χ0n) is 15.4. The van der Waals surface area contributed by atoms with Gasteiger partial charge in [-0.15, -0.1) is 0 Å². The molecule has 7 heteroatoms. The Labute approximate surface area is 160 Å². The number of ether oxygens (including phenoxy) is 2. The Bertz CT molecular complexity index is 809. The first-order valence-electron chi connectivity index (χ1n) is 9.26. The van der Waals surface area contributed by atoms with Gasteiger partial charge in [0.05, 0.1) is 12.7 Å². The largest absolute Gasteiger partial charge is 0.486 e. The molecule has 2 aromatic carbocycles. The first-order valence-corrected chi connectivity index (χ1v) is 9.26. The highest BCUT2D eigenvalue weighted by molar-refractivity contribution is 5.33. The highest BCUT2D eigenvalue weighted by Gasteiger charge is 2.27. The number of hydrogen-bond acceptors (Lipinski definition) is 2. The van der Waals surface area contributed by atoms with Gasteiger partial charge in [0, 0.05) is 5.56 Å². The number of benzene rings is 2. The van der Waals surface area contributed by atoms with Crippen molar-refractivity contribution in [3.05, 3.63) is 64.5 Å². The molecule has 2 nitrogen and oxygen atoms in total. The molecule has 2 unspecified atom stereocenters. The van der Waals surface area contributed by atoms with E-state index in [2.05, 4.69) is 6.92 Å². The summed E-state index contributed by atoms with van der Waals surface area (Å²) >= 11 is 0. The molecule has 1 aliphatic rings. The lowest BCUT2D eigenvalue weighted by Gasteiger charge is -2.29. The fourth-order valence-electron chi connectivity index (χ4n) is 3.45. The molecule has 1 fully saturated rings. The molecule has 3 rings (SSSR count). The van der Waals surface area contributed by atoms with Crippen LogP contribution < -0.4 is 4.74 Å². The minimum absolute atomic E-state index is 0.0436. The van der Waals surface area contributed by atoms with Crippen LogP contribution in [0.1, 0.15) is 49.8 Å². The van der Waals surface area contributed by atoms with E-state index in [0.717, 1.165) is 31.4 Å². The predicted molar refractivity (Wildman–Crippen MR) is 93.3 cm³/mol. The topological polar surface area (TPSA) is 18.5 Å². The number of halogens is 5. The molecule has 0 saturated carbocycles. The minimum Gasteiger partial charge on any atom is -0.486 e. The molecule has 0 bridgehead atoms. The second kappa shape index (κ2) is 8.90. The van der Waals surface area contributed by atoms with Crippen molar-refractivity contribution in [3.8, 4) is 5.75 Å². The first kappa shape index (κ1) is 20.6. The Hall–Kier alpha value is -2.15. The van der Waals surface area contributed by atoms with Crippen LogP contribution in [-0.2, 0) is 11.3 Å². The minimum atomic E-state index is -1.60. The van der Waals surface area contributed by atoms with E-state index in [1.54, 1.807) is 0 Å². The van der Waals surface area contributed by atoms with Crippen LogP contribution in [0.3, 0.4) is 0 Å². The lowest BCUT2D eigenvalue weighted by Crippen LogP contribution is -2.21. The summed E-state index contributed by atoms with van der Waals surface area (Å²) in [6.07, 6.45) is 3.07. The van der Waals surface area contributed by atoms with Crippen molar-refractivity contribution >= 4 is 0 Å². The summed E-state index contributed by atoms with van der Waals surface area (Å²) < 4.78 is 79.1. The van der Waals surface area contributed by atoms with Gasteiger partial charge in [0.15, 0.2) is 29.0 Å². The summed E-state index contributed by atoms with van der Waals surface area (Å²) in [5.41, 5.74) is 0.0801. The molecule has 152 valence electrons. The van der Waals surface area contributed by atoms with E-state index in [1.807, 2.05) is 0 Å². The van der Waals surface area contributed by atoms with Crippen molar-refractivity contribution in [2.24, 2.45) is 5.92 Å². The summed E-state index contributed by atoms with van der Waals surface area (Å²) in [7, 11) is 0. The van der Waals surface area contributed by atoms with Crippen LogP contribution in [0.15, 0.2) is 24.3 Å². The van der Waals surface area contributed by atoms with Gasteiger partial charge in [0.1, 0.15) is 6.61 Å². The molecule has 0 amide bonds. The number of rotatable bonds is 6. The Morgan fingerprint density at radius 1 is 0.964 bits per heavy atom. The SMILES string of the molecule is CCCC1CCC(c2ccc(OCc3cc(F)c(F)c(F)c3)c(F)c2F)OC1. The first-order chi connectivity index (χ1) is 13.4. The van der Waals surface area contributed by atoms with Gasteiger partial charge in [-0.05, 0) is 55.0 Å². The maximum Gasteiger partial charge on any atom is 0.201 e. The molecular formula is C21H21F5O2. The highest BCUT2D eigenvalue weighted by atomic mass is 19.2. The van der Waals surface area contributed by atoms with Crippen molar-refractivity contribution in [2.75, 3.05) is 6.61 Å². The Morgan fingerprint density at radius 2 is 1.68 bits per heavy atom. The van der Waals surface area contributed by atoms with E-state index in [0.29, 0.717) is 18.9 Å². The zero-order chi connectivity index (χ0) is 20.3. The third kappa shape index (κ3) is 4.46. The van der Waals surface area contributed by atoms with Crippen molar-refractivity contribution in [3.63, 3.8) is 0 Å². The van der Waals surface area contributed by atoms with E-state index in [-0.39, 0.29) is 11.1 Å². The summed E-state index contributed by atoms with van der Waals surface area (Å²) in [4.78, 5) is 0. The van der Waals surface area contributed by atoms with Crippen LogP contribution >= 0.6 is 0 Å². The van der Waals surface area contributed by atoms with Gasteiger partial charge >= 0.3 is 0 Å². The average molecular weight is 400 g/mol. The lowest BCUT2D eigenvalue weighted by atomic mass is 9.91. The lowest BCUT2D eigenvalue weighted by molar-refractivity contribution is -0.0215. The standard InChI is InChI=1S/C21H21F5O2/c1-2-3-12-4-6-17(27-10-12)14-5-7-18(21(26)19(14)24)28-11-13-8-15(22)20(25)16(23)9-13/h5,7-9,12,17H,2-4,6,10-11H2,1H3. The molecular weight excluding hydrogens is 379 g/mol. The van der Waals surface area contributed by atoms with Gasteiger partial charge in [-0.1, -0.05) is 13.3 Å². The summed E-state index contributed by atoms with van der Waals surface area (Å²) in [5, 5.41) is 0. The molecule has 0 aliphatic carbocycles. The zero-order valence-corrected chi connectivity index (χ0v) is 15.4. The van der Waals surface area contributed by atoms with Crippen LogP contribution in [0.5, 0.6) is 5.75 Å². The molecule has 0 aromatic heterocycles. The van der Waals surface area contributed by atoms with Crippen LogP contribution in [0.4, 0.5) is 22.0 Å². The Balaban J connectivity index is 1.69. The van der Waals surface area contributed by atoms with Crippen LogP contribution in [0.2, 0.25) is 0 Å². The van der Waals surface area contributed by atoms with Crippen LogP contribution in [0, 0.1) is 35.0 Å². The fraction of sp³-hybridized carbons (Fsp3) is 0.429. The van der Waals surface area contributed by atoms with Crippen LogP contribution in [-0.4, -0.2) is 6.61 Å². The molecule has 1 aliphatic heterocycles. The molecule has 2 atom stereocenters. The Morgan fingerprint density at radius 3 is 2.29 bits per heavy atom. The second-order valence-electron chi connectivity index (χ2n) is 7.00. The van der Waals surface area contributed by atoms with Gasteiger partial charge in [-0.3, -0.25) is 0 Å². The molecule has 1 saturated heterocycles. The third-order valence-corrected chi connectivity index (χ3v) is 4.93. The smallest absolute Gasteiger partial charge is 0.201 e. The molecule has 1 heterocycles. The molecule has 0 spiro atoms. The van der Waals surface area contributed by atoms with E-state index in [4.69, 9.17) is 9.47 Å². The normalized spacial score (nSPS) is 19.6. The molecule has 28 heavy (non-hydrogen) atoms. The van der Waals surface area contributed by atoms with E-state index in [1.165, 1.54) is 12.1 Å². The van der Waals surface area contributed by atoms with Gasteiger partial charge in [-0.2, -0.15) is 4.39 Å². The summed E-state index contributed by atoms with van der Waals surface area (Å²) in [6, 6.07) is 4.13. The maximum atomic E-state index is 14.5. The summed E-state index contributed by atoms with van der Waals surface area (Å²) in [5.74, 6) is -6.57. The van der Waals surface area contributed by atoms with Gasteiger partial charge in [0.2, 0.25) is 5.82 Å². The molecule has 0 N–H and O–H groups in total. The maximum absolute atomic E-state index is 14.5. The van der Waals surface area contributed by atoms with Crippen molar-refractivity contribution in [2.45, 2.75) is 45.3 Å². The van der Waals surface area contributed by atoms with Crippen LogP contribution in [0.25, 0.3) is 0 Å². The summed E-state index contributed by atoms with van der Waals surface area (Å²) in [6.45, 7) is 2.16.